The van der Waals surface area contributed by atoms with Crippen LogP contribution in [0.15, 0.2) is 35.3 Å². The molecule has 0 bridgehead atoms. The van der Waals surface area contributed by atoms with Gasteiger partial charge in [-0.15, -0.1) is 0 Å². The van der Waals surface area contributed by atoms with Crippen molar-refractivity contribution in [3.05, 3.63) is 64.2 Å². The Morgan fingerprint density at radius 1 is 1.19 bits per heavy atom. The number of halogens is 2. The van der Waals surface area contributed by atoms with Crippen LogP contribution < -0.4 is 0 Å². The number of thiocarbonyl (C=S) groups is 1. The molecule has 4 heteroatoms. The van der Waals surface area contributed by atoms with Gasteiger partial charge in [0.2, 0.25) is 0 Å². The molecule has 1 unspecified atom stereocenters. The van der Waals surface area contributed by atoms with E-state index < -0.39 is 5.82 Å². The van der Waals surface area contributed by atoms with Gasteiger partial charge < -0.3 is 0 Å². The number of hydrogen-bond acceptors (Lipinski definition) is 2. The Labute approximate surface area is 158 Å². The minimum absolute atomic E-state index is 0.118. The minimum Gasteiger partial charge on any atom is -0.205 e. The summed E-state index contributed by atoms with van der Waals surface area (Å²) in [5.74, 6) is 5.56. The van der Waals surface area contributed by atoms with Gasteiger partial charge in [0.25, 0.3) is 0 Å². The predicted molar refractivity (Wildman–Crippen MR) is 104 cm³/mol. The third-order valence-electron chi connectivity index (χ3n) is 4.80. The SMILES string of the molecule is CCCC1CCc2c(ccc(C#Cc3ccc(N=C=S)c(F)c3)c2F)C1. The smallest absolute Gasteiger partial charge is 0.150 e. The van der Waals surface area contributed by atoms with Gasteiger partial charge in [-0.25, -0.2) is 8.78 Å². The van der Waals surface area contributed by atoms with Gasteiger partial charge in [0, 0.05) is 5.56 Å². The van der Waals surface area contributed by atoms with E-state index in [9.17, 15) is 8.78 Å². The summed E-state index contributed by atoms with van der Waals surface area (Å²) >= 11 is 4.47. The number of isothiocyanates is 1. The lowest BCUT2D eigenvalue weighted by atomic mass is 9.81. The second kappa shape index (κ2) is 8.36. The maximum Gasteiger partial charge on any atom is 0.150 e. The summed E-state index contributed by atoms with van der Waals surface area (Å²) in [5.41, 5.74) is 2.84. The fourth-order valence-electron chi connectivity index (χ4n) is 3.50. The van der Waals surface area contributed by atoms with Gasteiger partial charge in [-0.3, -0.25) is 0 Å². The number of benzene rings is 2. The third kappa shape index (κ3) is 4.07. The molecule has 0 spiro atoms. The zero-order chi connectivity index (χ0) is 18.5. The van der Waals surface area contributed by atoms with Crippen LogP contribution in [0.3, 0.4) is 0 Å². The predicted octanol–water partition coefficient (Wildman–Crippen LogP) is 6.00. The molecule has 0 saturated carbocycles. The zero-order valence-corrected chi connectivity index (χ0v) is 15.4. The highest BCUT2D eigenvalue weighted by Crippen LogP contribution is 2.31. The van der Waals surface area contributed by atoms with Crippen molar-refractivity contribution >= 4 is 23.1 Å². The fourth-order valence-corrected chi connectivity index (χ4v) is 3.60. The summed E-state index contributed by atoms with van der Waals surface area (Å²) in [6.07, 6.45) is 5.09. The van der Waals surface area contributed by atoms with Crippen molar-refractivity contribution in [3.8, 4) is 11.8 Å². The van der Waals surface area contributed by atoms with Crippen molar-refractivity contribution in [2.24, 2.45) is 10.9 Å². The van der Waals surface area contributed by atoms with Crippen LogP contribution in [0.5, 0.6) is 0 Å². The number of rotatable bonds is 3. The molecule has 1 atom stereocenters. The van der Waals surface area contributed by atoms with Crippen LogP contribution in [0, 0.1) is 29.4 Å². The van der Waals surface area contributed by atoms with Crippen LogP contribution >= 0.6 is 12.2 Å². The van der Waals surface area contributed by atoms with Gasteiger partial charge in [0.05, 0.1) is 10.7 Å². The maximum absolute atomic E-state index is 14.8. The normalized spacial score (nSPS) is 15.4. The molecule has 2 aromatic carbocycles. The number of hydrogen-bond donors (Lipinski definition) is 0. The molecule has 0 aromatic heterocycles. The van der Waals surface area contributed by atoms with E-state index in [1.54, 1.807) is 12.1 Å². The molecule has 2 aromatic rings. The number of aliphatic imine (C=N–C) groups is 1. The van der Waals surface area contributed by atoms with E-state index in [0.717, 1.165) is 36.8 Å². The van der Waals surface area contributed by atoms with E-state index in [1.807, 2.05) is 6.07 Å². The molecule has 0 saturated heterocycles. The van der Waals surface area contributed by atoms with E-state index in [2.05, 4.69) is 41.1 Å². The lowest BCUT2D eigenvalue weighted by molar-refractivity contribution is 0.414. The number of fused-ring (bicyclic) bond motifs is 1. The second-order valence-electron chi connectivity index (χ2n) is 6.58. The summed E-state index contributed by atoms with van der Waals surface area (Å²) < 4.78 is 28.6. The van der Waals surface area contributed by atoms with E-state index in [4.69, 9.17) is 0 Å². The van der Waals surface area contributed by atoms with Crippen LogP contribution in [0.1, 0.15) is 48.4 Å². The van der Waals surface area contributed by atoms with E-state index in [0.29, 0.717) is 17.0 Å². The first-order chi connectivity index (χ1) is 12.6. The molecule has 1 aliphatic rings. The van der Waals surface area contributed by atoms with Crippen LogP contribution in [0.2, 0.25) is 0 Å². The standard InChI is InChI=1S/C22H19F2NS/c1-2-3-15-5-10-19-18(12-15)9-8-17(22(19)24)7-4-16-6-11-21(25-14-26)20(23)13-16/h6,8-9,11,13,15H,2-3,5,10,12H2,1H3. The highest BCUT2D eigenvalue weighted by molar-refractivity contribution is 7.78. The highest BCUT2D eigenvalue weighted by atomic mass is 32.1. The van der Waals surface area contributed by atoms with E-state index >= 15 is 0 Å². The van der Waals surface area contributed by atoms with Gasteiger partial charge in [0.1, 0.15) is 11.5 Å². The van der Waals surface area contributed by atoms with Gasteiger partial charge in [-0.05, 0) is 72.8 Å². The summed E-state index contributed by atoms with van der Waals surface area (Å²) in [6, 6.07) is 8.10. The molecule has 1 aliphatic carbocycles. The van der Waals surface area contributed by atoms with Crippen molar-refractivity contribution in [2.75, 3.05) is 0 Å². The Morgan fingerprint density at radius 3 is 2.77 bits per heavy atom. The van der Waals surface area contributed by atoms with Gasteiger partial charge >= 0.3 is 0 Å². The zero-order valence-electron chi connectivity index (χ0n) is 14.6. The molecular formula is C22H19F2NS. The molecule has 0 aliphatic heterocycles. The third-order valence-corrected chi connectivity index (χ3v) is 4.89. The largest absolute Gasteiger partial charge is 0.205 e. The molecule has 132 valence electrons. The fraction of sp³-hybridized carbons (Fsp3) is 0.318. The summed E-state index contributed by atoms with van der Waals surface area (Å²) in [6.45, 7) is 2.19. The minimum atomic E-state index is -0.526. The Morgan fingerprint density at radius 2 is 2.04 bits per heavy atom. The van der Waals surface area contributed by atoms with Crippen LogP contribution in [0.4, 0.5) is 14.5 Å². The first-order valence-corrected chi connectivity index (χ1v) is 9.23. The lowest BCUT2D eigenvalue weighted by Gasteiger charge is -2.25. The summed E-state index contributed by atoms with van der Waals surface area (Å²) in [5, 5.41) is 2.13. The van der Waals surface area contributed by atoms with Crippen LogP contribution in [-0.2, 0) is 12.8 Å². The van der Waals surface area contributed by atoms with Crippen molar-refractivity contribution in [1.29, 1.82) is 0 Å². The molecule has 0 fully saturated rings. The van der Waals surface area contributed by atoms with Gasteiger partial charge in [0.15, 0.2) is 5.82 Å². The first kappa shape index (κ1) is 18.5. The molecule has 0 amide bonds. The Balaban J connectivity index is 1.85. The molecule has 1 nitrogen and oxygen atoms in total. The summed E-state index contributed by atoms with van der Waals surface area (Å²) in [4.78, 5) is 3.63. The van der Waals surface area contributed by atoms with E-state index in [-0.39, 0.29) is 11.5 Å². The van der Waals surface area contributed by atoms with Crippen LogP contribution in [0.25, 0.3) is 0 Å². The lowest BCUT2D eigenvalue weighted by Crippen LogP contribution is -2.16. The quantitative estimate of drug-likeness (QED) is 0.368. The first-order valence-electron chi connectivity index (χ1n) is 8.82. The Hall–Kier alpha value is -2.34. The van der Waals surface area contributed by atoms with Gasteiger partial charge in [-0.1, -0.05) is 37.7 Å². The van der Waals surface area contributed by atoms with E-state index in [1.165, 1.54) is 18.6 Å². The highest BCUT2D eigenvalue weighted by Gasteiger charge is 2.21. The summed E-state index contributed by atoms with van der Waals surface area (Å²) in [7, 11) is 0. The Bertz CT molecular complexity index is 933. The van der Waals surface area contributed by atoms with Crippen molar-refractivity contribution in [1.82, 2.24) is 0 Å². The molecule has 26 heavy (non-hydrogen) atoms. The average molecular weight is 367 g/mol. The van der Waals surface area contributed by atoms with Crippen LogP contribution in [-0.4, -0.2) is 5.16 Å². The Kier molecular flexibility index (Phi) is 5.93. The topological polar surface area (TPSA) is 12.4 Å². The van der Waals surface area contributed by atoms with Crippen molar-refractivity contribution in [3.63, 3.8) is 0 Å². The molecule has 0 N–H and O–H groups in total. The molecule has 3 rings (SSSR count). The van der Waals surface area contributed by atoms with Gasteiger partial charge in [-0.2, -0.15) is 4.99 Å². The van der Waals surface area contributed by atoms with Crippen molar-refractivity contribution < 1.29 is 8.78 Å². The van der Waals surface area contributed by atoms with Crippen molar-refractivity contribution in [2.45, 2.75) is 39.0 Å². The number of nitrogens with zero attached hydrogens (tertiary/aromatic N) is 1. The molecule has 0 radical (unpaired) electrons. The average Bonchev–Trinajstić information content (AvgIpc) is 2.64. The maximum atomic E-state index is 14.8. The second-order valence-corrected chi connectivity index (χ2v) is 6.76. The monoisotopic (exact) mass is 367 g/mol. The molecule has 0 heterocycles. The molecular weight excluding hydrogens is 348 g/mol.